The van der Waals surface area contributed by atoms with Crippen molar-refractivity contribution in [1.82, 2.24) is 9.62 Å². The molecule has 19 heavy (non-hydrogen) atoms. The van der Waals surface area contributed by atoms with Crippen LogP contribution in [0.2, 0.25) is 0 Å². The first-order valence-electron chi connectivity index (χ1n) is 5.68. The molecule has 0 bridgehead atoms. The SMILES string of the molecule is Cc1cc(Br)cc(C(=O)NCCS(=O)(=O)N(C)C)c1. The number of carbonyl (C=O) groups excluding carboxylic acids is 1. The molecule has 0 saturated heterocycles. The number of hydrogen-bond acceptors (Lipinski definition) is 3. The van der Waals surface area contributed by atoms with Crippen LogP contribution in [0.5, 0.6) is 0 Å². The Morgan fingerprint density at radius 3 is 2.47 bits per heavy atom. The van der Waals surface area contributed by atoms with Crippen molar-refractivity contribution in [3.8, 4) is 0 Å². The Hall–Kier alpha value is -0.920. The number of halogens is 1. The highest BCUT2D eigenvalue weighted by molar-refractivity contribution is 9.10. The van der Waals surface area contributed by atoms with Crippen LogP contribution in [0.3, 0.4) is 0 Å². The average molecular weight is 349 g/mol. The van der Waals surface area contributed by atoms with Gasteiger partial charge < -0.3 is 5.32 Å². The minimum atomic E-state index is -3.28. The number of aryl methyl sites for hydroxylation is 1. The van der Waals surface area contributed by atoms with Gasteiger partial charge in [-0.1, -0.05) is 15.9 Å². The Bertz CT molecular complexity index is 550. The fraction of sp³-hybridized carbons (Fsp3) is 0.417. The Morgan fingerprint density at radius 1 is 1.32 bits per heavy atom. The van der Waals surface area contributed by atoms with Gasteiger partial charge in [0, 0.05) is 30.7 Å². The first-order chi connectivity index (χ1) is 8.72. The van der Waals surface area contributed by atoms with Gasteiger partial charge in [-0.2, -0.15) is 0 Å². The van der Waals surface area contributed by atoms with Crippen LogP contribution in [0.4, 0.5) is 0 Å². The molecule has 1 aromatic rings. The number of benzene rings is 1. The van der Waals surface area contributed by atoms with E-state index in [1.165, 1.54) is 14.1 Å². The van der Waals surface area contributed by atoms with E-state index >= 15 is 0 Å². The summed E-state index contributed by atoms with van der Waals surface area (Å²) in [5.41, 5.74) is 1.47. The van der Waals surface area contributed by atoms with Crippen LogP contribution in [0.1, 0.15) is 15.9 Å². The zero-order valence-corrected chi connectivity index (χ0v) is 13.5. The van der Waals surface area contributed by atoms with Gasteiger partial charge in [0.1, 0.15) is 0 Å². The molecule has 0 unspecified atom stereocenters. The van der Waals surface area contributed by atoms with Crippen molar-refractivity contribution < 1.29 is 13.2 Å². The van der Waals surface area contributed by atoms with Crippen LogP contribution in [0, 0.1) is 6.92 Å². The summed E-state index contributed by atoms with van der Waals surface area (Å²) in [6.45, 7) is 1.98. The summed E-state index contributed by atoms with van der Waals surface area (Å²) in [7, 11) is -0.349. The van der Waals surface area contributed by atoms with Gasteiger partial charge in [0.15, 0.2) is 0 Å². The van der Waals surface area contributed by atoms with E-state index in [0.29, 0.717) is 5.56 Å². The number of carbonyl (C=O) groups is 1. The molecule has 0 atom stereocenters. The highest BCUT2D eigenvalue weighted by Gasteiger charge is 2.14. The first kappa shape index (κ1) is 16.1. The Balaban J connectivity index is 2.62. The fourth-order valence-electron chi connectivity index (χ4n) is 1.45. The lowest BCUT2D eigenvalue weighted by Gasteiger charge is -2.11. The topological polar surface area (TPSA) is 66.5 Å². The molecule has 0 aromatic heterocycles. The highest BCUT2D eigenvalue weighted by Crippen LogP contribution is 2.15. The maximum absolute atomic E-state index is 11.9. The fourth-order valence-corrected chi connectivity index (χ4v) is 2.78. The monoisotopic (exact) mass is 348 g/mol. The van der Waals surface area contributed by atoms with Crippen LogP contribution in [-0.2, 0) is 10.0 Å². The Labute approximate surface area is 122 Å². The summed E-state index contributed by atoms with van der Waals surface area (Å²) in [6.07, 6.45) is 0. The molecular formula is C12H17BrN2O3S. The zero-order valence-electron chi connectivity index (χ0n) is 11.1. The largest absolute Gasteiger partial charge is 0.351 e. The second-order valence-electron chi connectivity index (χ2n) is 4.37. The number of rotatable bonds is 5. The molecule has 0 aliphatic carbocycles. The molecular weight excluding hydrogens is 332 g/mol. The molecule has 0 spiro atoms. The second kappa shape index (κ2) is 6.49. The molecule has 0 fully saturated rings. The third kappa shape index (κ3) is 4.93. The van der Waals surface area contributed by atoms with Gasteiger partial charge in [-0.05, 0) is 30.7 Å². The smallest absolute Gasteiger partial charge is 0.251 e. The normalized spacial score (nSPS) is 11.6. The van der Waals surface area contributed by atoms with Gasteiger partial charge in [0.25, 0.3) is 5.91 Å². The number of hydrogen-bond donors (Lipinski definition) is 1. The van der Waals surface area contributed by atoms with Crippen LogP contribution < -0.4 is 5.32 Å². The molecule has 1 N–H and O–H groups in total. The molecule has 1 amide bonds. The lowest BCUT2D eigenvalue weighted by molar-refractivity contribution is 0.0956. The van der Waals surface area contributed by atoms with Gasteiger partial charge in [-0.3, -0.25) is 4.79 Å². The van der Waals surface area contributed by atoms with Crippen molar-refractivity contribution in [2.45, 2.75) is 6.92 Å². The molecule has 1 rings (SSSR count). The van der Waals surface area contributed by atoms with E-state index in [9.17, 15) is 13.2 Å². The Kier molecular flexibility index (Phi) is 5.51. The van der Waals surface area contributed by atoms with E-state index in [1.807, 2.05) is 13.0 Å². The average Bonchev–Trinajstić information content (AvgIpc) is 2.27. The van der Waals surface area contributed by atoms with Crippen molar-refractivity contribution in [3.63, 3.8) is 0 Å². The number of amides is 1. The minimum Gasteiger partial charge on any atom is -0.351 e. The van der Waals surface area contributed by atoms with Crippen molar-refractivity contribution in [2.24, 2.45) is 0 Å². The third-order valence-electron chi connectivity index (χ3n) is 2.51. The van der Waals surface area contributed by atoms with Gasteiger partial charge in [-0.15, -0.1) is 0 Å². The first-order valence-corrected chi connectivity index (χ1v) is 8.08. The summed E-state index contributed by atoms with van der Waals surface area (Å²) in [5, 5.41) is 2.60. The van der Waals surface area contributed by atoms with Gasteiger partial charge >= 0.3 is 0 Å². The number of nitrogens with one attached hydrogen (secondary N) is 1. The summed E-state index contributed by atoms with van der Waals surface area (Å²) in [6, 6.07) is 5.34. The maximum Gasteiger partial charge on any atom is 0.251 e. The van der Waals surface area contributed by atoms with Gasteiger partial charge in [-0.25, -0.2) is 12.7 Å². The second-order valence-corrected chi connectivity index (χ2v) is 7.59. The predicted molar refractivity (Wildman–Crippen MR) is 78.7 cm³/mol. The molecule has 0 aliphatic heterocycles. The lowest BCUT2D eigenvalue weighted by atomic mass is 10.1. The van der Waals surface area contributed by atoms with E-state index in [2.05, 4.69) is 21.2 Å². The minimum absolute atomic E-state index is 0.0882. The van der Waals surface area contributed by atoms with E-state index in [4.69, 9.17) is 0 Å². The Morgan fingerprint density at radius 2 is 1.95 bits per heavy atom. The number of nitrogens with zero attached hydrogens (tertiary/aromatic N) is 1. The third-order valence-corrected chi connectivity index (χ3v) is 4.80. The quantitative estimate of drug-likeness (QED) is 0.873. The molecule has 0 heterocycles. The summed E-state index contributed by atoms with van der Waals surface area (Å²) >= 11 is 3.32. The van der Waals surface area contributed by atoms with Crippen molar-refractivity contribution in [3.05, 3.63) is 33.8 Å². The van der Waals surface area contributed by atoms with Crippen LogP contribution in [0.25, 0.3) is 0 Å². The maximum atomic E-state index is 11.9. The number of sulfonamides is 1. The van der Waals surface area contributed by atoms with Crippen LogP contribution in [-0.4, -0.2) is 45.0 Å². The molecule has 5 nitrogen and oxygen atoms in total. The summed E-state index contributed by atoms with van der Waals surface area (Å²) < 4.78 is 25.0. The molecule has 0 saturated carbocycles. The van der Waals surface area contributed by atoms with E-state index in [0.717, 1.165) is 14.3 Å². The highest BCUT2D eigenvalue weighted by atomic mass is 79.9. The van der Waals surface area contributed by atoms with Crippen molar-refractivity contribution >= 4 is 31.9 Å². The van der Waals surface area contributed by atoms with Crippen LogP contribution >= 0.6 is 15.9 Å². The molecule has 106 valence electrons. The molecule has 1 aromatic carbocycles. The predicted octanol–water partition coefficient (Wildman–Crippen LogP) is 1.38. The summed E-state index contributed by atoms with van der Waals surface area (Å²) in [5.74, 6) is -0.392. The lowest BCUT2D eigenvalue weighted by Crippen LogP contribution is -2.33. The van der Waals surface area contributed by atoms with E-state index < -0.39 is 10.0 Å². The molecule has 0 aliphatic rings. The van der Waals surface area contributed by atoms with Crippen molar-refractivity contribution in [2.75, 3.05) is 26.4 Å². The van der Waals surface area contributed by atoms with Gasteiger partial charge in [0.05, 0.1) is 5.75 Å². The zero-order chi connectivity index (χ0) is 14.6. The summed E-state index contributed by atoms with van der Waals surface area (Å²) in [4.78, 5) is 11.9. The molecule has 7 heteroatoms. The van der Waals surface area contributed by atoms with Crippen molar-refractivity contribution in [1.29, 1.82) is 0 Å². The standard InChI is InChI=1S/C12H17BrN2O3S/c1-9-6-10(8-11(13)7-9)12(16)14-4-5-19(17,18)15(2)3/h6-8H,4-5H2,1-3H3,(H,14,16). The molecule has 0 radical (unpaired) electrons. The van der Waals surface area contributed by atoms with Gasteiger partial charge in [0.2, 0.25) is 10.0 Å². The van der Waals surface area contributed by atoms with E-state index in [-0.39, 0.29) is 18.2 Å². The van der Waals surface area contributed by atoms with E-state index in [1.54, 1.807) is 12.1 Å². The van der Waals surface area contributed by atoms with Crippen LogP contribution in [0.15, 0.2) is 22.7 Å².